The van der Waals surface area contributed by atoms with Crippen molar-refractivity contribution in [3.05, 3.63) is 11.7 Å². The minimum Gasteiger partial charge on any atom is -0.393 e. The molecule has 0 saturated carbocycles. The maximum absolute atomic E-state index is 9.10. The Bertz CT molecular complexity index is 276. The van der Waals surface area contributed by atoms with Crippen LogP contribution in [0.3, 0.4) is 0 Å². The van der Waals surface area contributed by atoms with Crippen LogP contribution in [-0.2, 0) is 12.2 Å². The zero-order valence-electron chi connectivity index (χ0n) is 9.27. The number of hydrogen-bond donors (Lipinski definition) is 1. The second kappa shape index (κ2) is 6.85. The molecule has 1 rings (SSSR count). The highest BCUT2D eigenvalue weighted by atomic mass is 32.2. The summed E-state index contributed by atoms with van der Waals surface area (Å²) in [5, 5.41) is 13.0. The monoisotopic (exact) mass is 230 g/mol. The second-order valence-electron chi connectivity index (χ2n) is 3.54. The van der Waals surface area contributed by atoms with Crippen LogP contribution < -0.4 is 0 Å². The van der Waals surface area contributed by atoms with Crippen LogP contribution in [0.5, 0.6) is 0 Å². The molecule has 1 atom stereocenters. The minimum absolute atomic E-state index is 0.310. The Balaban J connectivity index is 2.29. The van der Waals surface area contributed by atoms with Gasteiger partial charge in [0.1, 0.15) is 0 Å². The number of hydrogen-bond acceptors (Lipinski definition) is 5. The molecule has 0 radical (unpaired) electrons. The van der Waals surface area contributed by atoms with E-state index in [2.05, 4.69) is 17.1 Å². The summed E-state index contributed by atoms with van der Waals surface area (Å²) in [5.41, 5.74) is 0. The molecule has 0 aromatic carbocycles. The zero-order valence-corrected chi connectivity index (χ0v) is 10.1. The molecule has 1 heterocycles. The highest BCUT2D eigenvalue weighted by Crippen LogP contribution is 2.11. The van der Waals surface area contributed by atoms with Crippen molar-refractivity contribution >= 4 is 11.8 Å². The fourth-order valence-electron chi connectivity index (χ4n) is 1.09. The van der Waals surface area contributed by atoms with E-state index in [4.69, 9.17) is 9.63 Å². The highest BCUT2D eigenvalue weighted by molar-refractivity contribution is 7.98. The van der Waals surface area contributed by atoms with Gasteiger partial charge in [-0.25, -0.2) is 0 Å². The zero-order chi connectivity index (χ0) is 11.1. The summed E-state index contributed by atoms with van der Waals surface area (Å²) in [6, 6.07) is 0. The van der Waals surface area contributed by atoms with Gasteiger partial charge in [-0.15, -0.1) is 0 Å². The molecule has 0 saturated heterocycles. The van der Waals surface area contributed by atoms with Gasteiger partial charge in [-0.05, 0) is 25.5 Å². The van der Waals surface area contributed by atoms with E-state index in [0.29, 0.717) is 18.7 Å². The normalized spacial score (nSPS) is 13.0. The molecule has 0 amide bonds. The van der Waals surface area contributed by atoms with Crippen LogP contribution >= 0.6 is 11.8 Å². The maximum Gasteiger partial charge on any atom is 0.226 e. The van der Waals surface area contributed by atoms with E-state index in [9.17, 15) is 0 Å². The largest absolute Gasteiger partial charge is 0.393 e. The summed E-state index contributed by atoms with van der Waals surface area (Å²) in [6.07, 6.45) is 2.18. The molecule has 0 aliphatic heterocycles. The van der Waals surface area contributed by atoms with Crippen LogP contribution in [0, 0.1) is 0 Å². The molecule has 15 heavy (non-hydrogen) atoms. The molecule has 0 aliphatic carbocycles. The summed E-state index contributed by atoms with van der Waals surface area (Å²) in [4.78, 5) is 4.24. The fourth-order valence-corrected chi connectivity index (χ4v) is 1.82. The molecular formula is C10H18N2O2S. The van der Waals surface area contributed by atoms with Gasteiger partial charge < -0.3 is 9.63 Å². The summed E-state index contributed by atoms with van der Waals surface area (Å²) in [6.45, 7) is 3.91. The summed E-state index contributed by atoms with van der Waals surface area (Å²) >= 11 is 1.81. The first-order chi connectivity index (χ1) is 7.22. The third kappa shape index (κ3) is 5.18. The third-order valence-corrected chi connectivity index (χ3v) is 3.02. The van der Waals surface area contributed by atoms with E-state index in [-0.39, 0.29) is 6.10 Å². The van der Waals surface area contributed by atoms with Crippen LogP contribution in [-0.4, -0.2) is 27.1 Å². The van der Waals surface area contributed by atoms with Gasteiger partial charge in [0.2, 0.25) is 5.89 Å². The fraction of sp³-hybridized carbons (Fsp3) is 0.800. The molecule has 1 aromatic rings. The number of aromatic nitrogens is 2. The molecule has 1 N–H and O–H groups in total. The first-order valence-corrected chi connectivity index (χ1v) is 6.45. The van der Waals surface area contributed by atoms with Gasteiger partial charge >= 0.3 is 0 Å². The molecule has 86 valence electrons. The average Bonchev–Trinajstić information content (AvgIpc) is 2.63. The quantitative estimate of drug-likeness (QED) is 0.726. The second-order valence-corrected chi connectivity index (χ2v) is 4.65. The van der Waals surface area contributed by atoms with E-state index in [0.717, 1.165) is 23.8 Å². The lowest BCUT2D eigenvalue weighted by atomic mass is 10.2. The van der Waals surface area contributed by atoms with E-state index in [1.54, 1.807) is 6.92 Å². The molecule has 0 fully saturated rings. The summed E-state index contributed by atoms with van der Waals surface area (Å²) in [7, 11) is 0. The number of nitrogens with zero attached hydrogens (tertiary/aromatic N) is 2. The van der Waals surface area contributed by atoms with Gasteiger partial charge in [0.25, 0.3) is 0 Å². The van der Waals surface area contributed by atoms with E-state index >= 15 is 0 Å². The Kier molecular flexibility index (Phi) is 5.71. The summed E-state index contributed by atoms with van der Waals surface area (Å²) in [5.74, 6) is 3.32. The molecule has 4 nitrogen and oxygen atoms in total. The first kappa shape index (κ1) is 12.5. The molecule has 0 spiro atoms. The van der Waals surface area contributed by atoms with Crippen molar-refractivity contribution in [1.29, 1.82) is 0 Å². The van der Waals surface area contributed by atoms with E-state index in [1.807, 2.05) is 11.8 Å². The van der Waals surface area contributed by atoms with Gasteiger partial charge in [0.15, 0.2) is 5.82 Å². The van der Waals surface area contributed by atoms with Crippen LogP contribution in [0.2, 0.25) is 0 Å². The molecule has 5 heteroatoms. The lowest BCUT2D eigenvalue weighted by Crippen LogP contribution is -2.01. The minimum atomic E-state index is -0.310. The van der Waals surface area contributed by atoms with Crippen molar-refractivity contribution in [2.75, 3.05) is 5.75 Å². The number of rotatable bonds is 7. The Labute approximate surface area is 94.5 Å². The lowest BCUT2D eigenvalue weighted by Gasteiger charge is -1.98. The van der Waals surface area contributed by atoms with Crippen molar-refractivity contribution in [2.45, 2.75) is 45.0 Å². The van der Waals surface area contributed by atoms with Crippen LogP contribution in [0.4, 0.5) is 0 Å². The van der Waals surface area contributed by atoms with Gasteiger partial charge in [0.05, 0.1) is 11.9 Å². The van der Waals surface area contributed by atoms with E-state index < -0.39 is 0 Å². The van der Waals surface area contributed by atoms with Gasteiger partial charge in [-0.3, -0.25) is 0 Å². The van der Waals surface area contributed by atoms with Gasteiger partial charge in [0, 0.05) is 6.42 Å². The number of aliphatic hydroxyl groups is 1. The lowest BCUT2D eigenvalue weighted by molar-refractivity contribution is 0.180. The highest BCUT2D eigenvalue weighted by Gasteiger charge is 2.07. The van der Waals surface area contributed by atoms with Crippen molar-refractivity contribution in [3.63, 3.8) is 0 Å². The maximum atomic E-state index is 9.10. The number of aliphatic hydroxyl groups excluding tert-OH is 1. The van der Waals surface area contributed by atoms with Crippen LogP contribution in [0.1, 0.15) is 38.4 Å². The van der Waals surface area contributed by atoms with Crippen molar-refractivity contribution in [1.82, 2.24) is 10.1 Å². The number of thioether (sulfide) groups is 1. The first-order valence-electron chi connectivity index (χ1n) is 5.29. The SMILES string of the molecule is CCCSCc1noc(CCC(C)O)n1. The Morgan fingerprint density at radius 3 is 3.00 bits per heavy atom. The van der Waals surface area contributed by atoms with Crippen molar-refractivity contribution in [2.24, 2.45) is 0 Å². The smallest absolute Gasteiger partial charge is 0.226 e. The summed E-state index contributed by atoms with van der Waals surface area (Å²) < 4.78 is 5.06. The Hall–Kier alpha value is -0.550. The molecule has 0 aliphatic rings. The number of aryl methyl sites for hydroxylation is 1. The standard InChI is InChI=1S/C10H18N2O2S/c1-3-6-15-7-9-11-10(14-12-9)5-4-8(2)13/h8,13H,3-7H2,1-2H3. The third-order valence-electron chi connectivity index (χ3n) is 1.87. The van der Waals surface area contributed by atoms with Gasteiger partial charge in [-0.1, -0.05) is 12.1 Å². The molecular weight excluding hydrogens is 212 g/mol. The predicted octanol–water partition coefficient (Wildman–Crippen LogP) is 2.03. The average molecular weight is 230 g/mol. The Morgan fingerprint density at radius 2 is 2.33 bits per heavy atom. The topological polar surface area (TPSA) is 59.2 Å². The molecule has 1 unspecified atom stereocenters. The van der Waals surface area contributed by atoms with Crippen molar-refractivity contribution < 1.29 is 9.63 Å². The molecule has 1 aromatic heterocycles. The van der Waals surface area contributed by atoms with Crippen LogP contribution in [0.15, 0.2) is 4.52 Å². The molecule has 0 bridgehead atoms. The van der Waals surface area contributed by atoms with Crippen LogP contribution in [0.25, 0.3) is 0 Å². The van der Waals surface area contributed by atoms with E-state index in [1.165, 1.54) is 0 Å². The van der Waals surface area contributed by atoms with Gasteiger partial charge in [-0.2, -0.15) is 16.7 Å². The predicted molar refractivity (Wildman–Crippen MR) is 60.8 cm³/mol. The Morgan fingerprint density at radius 1 is 1.53 bits per heavy atom. The van der Waals surface area contributed by atoms with Crippen molar-refractivity contribution in [3.8, 4) is 0 Å².